The molecular formula is C25H22F4N4O4S. The van der Waals surface area contributed by atoms with Gasteiger partial charge in [0.05, 0.1) is 11.8 Å². The van der Waals surface area contributed by atoms with Crippen molar-refractivity contribution in [2.24, 2.45) is 0 Å². The molecule has 1 amide bonds. The van der Waals surface area contributed by atoms with Gasteiger partial charge in [0.2, 0.25) is 5.91 Å². The highest BCUT2D eigenvalue weighted by atomic mass is 32.2. The van der Waals surface area contributed by atoms with Gasteiger partial charge in [-0.2, -0.15) is 18.4 Å². The van der Waals surface area contributed by atoms with Gasteiger partial charge in [0, 0.05) is 6.07 Å². The molecule has 3 atom stereocenters. The number of hydrogen-bond donors (Lipinski definition) is 2. The third kappa shape index (κ3) is 6.20. The molecule has 1 unspecified atom stereocenters. The molecule has 3 aromatic rings. The van der Waals surface area contributed by atoms with Crippen molar-refractivity contribution in [3.8, 4) is 6.07 Å². The SMILES string of the molecule is N#CC1(NC(=O)[C@H](CS(=O)(=O)C(c2ccccc2)c2ccon2)N[C@@H](c2ccc(F)cc2)C(F)(F)F)CC1. The van der Waals surface area contributed by atoms with Gasteiger partial charge in [-0.1, -0.05) is 47.6 Å². The van der Waals surface area contributed by atoms with E-state index in [9.17, 15) is 36.0 Å². The predicted molar refractivity (Wildman–Crippen MR) is 126 cm³/mol. The van der Waals surface area contributed by atoms with E-state index in [2.05, 4.69) is 15.8 Å². The summed E-state index contributed by atoms with van der Waals surface area (Å²) in [4.78, 5) is 13.2. The number of nitrogens with one attached hydrogen (secondary N) is 2. The van der Waals surface area contributed by atoms with Crippen LogP contribution < -0.4 is 10.6 Å². The Morgan fingerprint density at radius 1 is 1.08 bits per heavy atom. The highest BCUT2D eigenvalue weighted by molar-refractivity contribution is 7.91. The molecule has 1 aliphatic rings. The number of rotatable bonds is 10. The summed E-state index contributed by atoms with van der Waals surface area (Å²) in [6.45, 7) is 0. The minimum atomic E-state index is -4.97. The van der Waals surface area contributed by atoms with Gasteiger partial charge in [-0.15, -0.1) is 0 Å². The van der Waals surface area contributed by atoms with Crippen LogP contribution in [0.5, 0.6) is 0 Å². The van der Waals surface area contributed by atoms with Gasteiger partial charge in [-0.05, 0) is 36.1 Å². The Bertz CT molecular complexity index is 1400. The molecule has 200 valence electrons. The standard InChI is InChI=1S/C25H22F4N4O4S/c26-18-8-6-17(7-9-18)22(25(27,28)29)31-20(23(34)32-24(15-30)11-12-24)14-38(35,36)21(19-10-13-37-33-19)16-4-2-1-3-5-16/h1-10,13,20-22,31H,11-12,14H2,(H,32,34)/t20-,21?,22-/m0/s1. The molecule has 0 radical (unpaired) electrons. The zero-order valence-electron chi connectivity index (χ0n) is 19.7. The Hall–Kier alpha value is -3.76. The molecule has 0 saturated heterocycles. The third-order valence-corrected chi connectivity index (χ3v) is 8.16. The Labute approximate surface area is 215 Å². The molecule has 13 heteroatoms. The maximum atomic E-state index is 14.1. The maximum Gasteiger partial charge on any atom is 0.407 e. The van der Waals surface area contributed by atoms with Crippen molar-refractivity contribution in [3.63, 3.8) is 0 Å². The lowest BCUT2D eigenvalue weighted by atomic mass is 10.0. The Kier molecular flexibility index (Phi) is 7.57. The van der Waals surface area contributed by atoms with E-state index in [-0.39, 0.29) is 24.1 Å². The third-order valence-electron chi connectivity index (χ3n) is 6.13. The Morgan fingerprint density at radius 3 is 2.26 bits per heavy atom. The molecule has 0 spiro atoms. The number of carbonyl (C=O) groups excluding carboxylic acids is 1. The van der Waals surface area contributed by atoms with Crippen LogP contribution in [0.3, 0.4) is 0 Å². The van der Waals surface area contributed by atoms with Crippen LogP contribution >= 0.6 is 0 Å². The zero-order valence-corrected chi connectivity index (χ0v) is 20.5. The van der Waals surface area contributed by atoms with E-state index in [0.717, 1.165) is 30.5 Å². The van der Waals surface area contributed by atoms with Gasteiger partial charge < -0.3 is 9.84 Å². The maximum absolute atomic E-state index is 14.1. The van der Waals surface area contributed by atoms with Crippen LogP contribution in [0.4, 0.5) is 17.6 Å². The number of nitriles is 1. The van der Waals surface area contributed by atoms with Crippen LogP contribution in [0.15, 0.2) is 71.4 Å². The normalized spacial score (nSPS) is 17.1. The largest absolute Gasteiger partial charge is 0.407 e. The average molecular weight is 551 g/mol. The molecule has 4 rings (SSSR count). The fraction of sp³-hybridized carbons (Fsp3) is 0.320. The Balaban J connectivity index is 1.72. The van der Waals surface area contributed by atoms with E-state index in [1.807, 2.05) is 6.07 Å². The summed E-state index contributed by atoms with van der Waals surface area (Å²) in [5.74, 6) is -2.92. The van der Waals surface area contributed by atoms with Crippen molar-refractivity contribution in [2.45, 2.75) is 41.9 Å². The van der Waals surface area contributed by atoms with Gasteiger partial charge in [0.25, 0.3) is 0 Å². The van der Waals surface area contributed by atoms with E-state index < -0.39 is 61.9 Å². The summed E-state index contributed by atoms with van der Waals surface area (Å²) in [6, 6.07) is 10.0. The second kappa shape index (κ2) is 10.5. The van der Waals surface area contributed by atoms with Gasteiger partial charge in [0.1, 0.15) is 40.6 Å². The second-order valence-electron chi connectivity index (χ2n) is 8.97. The summed E-state index contributed by atoms with van der Waals surface area (Å²) >= 11 is 0. The number of nitrogens with zero attached hydrogens (tertiary/aromatic N) is 2. The summed E-state index contributed by atoms with van der Waals surface area (Å²) in [7, 11) is -4.42. The lowest BCUT2D eigenvalue weighted by molar-refractivity contribution is -0.160. The molecule has 1 aliphatic carbocycles. The number of benzene rings is 2. The quantitative estimate of drug-likeness (QED) is 0.369. The fourth-order valence-corrected chi connectivity index (χ4v) is 5.99. The molecule has 1 fully saturated rings. The van der Waals surface area contributed by atoms with Crippen LogP contribution in [0, 0.1) is 17.1 Å². The number of aromatic nitrogens is 1. The molecule has 1 saturated carbocycles. The van der Waals surface area contributed by atoms with Crippen LogP contribution in [0.25, 0.3) is 0 Å². The molecule has 1 heterocycles. The van der Waals surface area contributed by atoms with Gasteiger partial charge >= 0.3 is 6.18 Å². The molecule has 8 nitrogen and oxygen atoms in total. The number of hydrogen-bond acceptors (Lipinski definition) is 7. The highest BCUT2D eigenvalue weighted by Crippen LogP contribution is 2.37. The monoisotopic (exact) mass is 550 g/mol. The first-order valence-electron chi connectivity index (χ1n) is 11.4. The van der Waals surface area contributed by atoms with E-state index in [1.165, 1.54) is 18.2 Å². The summed E-state index contributed by atoms with van der Waals surface area (Å²) in [6.07, 6.45) is -3.26. The smallest absolute Gasteiger partial charge is 0.364 e. The van der Waals surface area contributed by atoms with Crippen molar-refractivity contribution in [1.29, 1.82) is 5.26 Å². The lowest BCUT2D eigenvalue weighted by Crippen LogP contribution is -2.54. The van der Waals surface area contributed by atoms with Crippen molar-refractivity contribution in [1.82, 2.24) is 15.8 Å². The highest BCUT2D eigenvalue weighted by Gasteiger charge is 2.49. The topological polar surface area (TPSA) is 125 Å². The minimum absolute atomic E-state index is 0.0167. The number of carbonyl (C=O) groups is 1. The average Bonchev–Trinajstić information content (AvgIpc) is 3.44. The summed E-state index contributed by atoms with van der Waals surface area (Å²) in [5.41, 5.74) is -1.44. The van der Waals surface area contributed by atoms with Crippen molar-refractivity contribution in [3.05, 3.63) is 89.6 Å². The minimum Gasteiger partial charge on any atom is -0.364 e. The van der Waals surface area contributed by atoms with Gasteiger partial charge in [0.15, 0.2) is 9.84 Å². The van der Waals surface area contributed by atoms with E-state index >= 15 is 0 Å². The van der Waals surface area contributed by atoms with Crippen LogP contribution in [-0.4, -0.2) is 43.0 Å². The molecule has 0 bridgehead atoms. The first kappa shape index (κ1) is 27.3. The molecule has 2 aromatic carbocycles. The predicted octanol–water partition coefficient (Wildman–Crippen LogP) is 3.75. The fourth-order valence-electron chi connectivity index (χ4n) is 4.02. The number of halogens is 4. The van der Waals surface area contributed by atoms with E-state index in [0.29, 0.717) is 0 Å². The lowest BCUT2D eigenvalue weighted by Gasteiger charge is -2.29. The van der Waals surface area contributed by atoms with E-state index in [1.54, 1.807) is 18.2 Å². The molecule has 0 aliphatic heterocycles. The van der Waals surface area contributed by atoms with Crippen LogP contribution in [0.2, 0.25) is 0 Å². The zero-order chi connectivity index (χ0) is 27.6. The van der Waals surface area contributed by atoms with Crippen LogP contribution in [-0.2, 0) is 14.6 Å². The summed E-state index contributed by atoms with van der Waals surface area (Å²) < 4.78 is 88.0. The Morgan fingerprint density at radius 2 is 1.74 bits per heavy atom. The molecule has 1 aromatic heterocycles. The van der Waals surface area contributed by atoms with Crippen LogP contribution in [0.1, 0.15) is 41.0 Å². The van der Waals surface area contributed by atoms with Crippen molar-refractivity contribution in [2.75, 3.05) is 5.75 Å². The second-order valence-corrected chi connectivity index (χ2v) is 11.1. The molecule has 38 heavy (non-hydrogen) atoms. The van der Waals surface area contributed by atoms with Crippen molar-refractivity contribution < 1.29 is 35.3 Å². The molecular weight excluding hydrogens is 528 g/mol. The van der Waals surface area contributed by atoms with Crippen molar-refractivity contribution >= 4 is 15.7 Å². The first-order valence-corrected chi connectivity index (χ1v) is 13.1. The number of amides is 1. The number of sulfone groups is 1. The number of alkyl halides is 3. The van der Waals surface area contributed by atoms with Gasteiger partial charge in [-0.3, -0.25) is 10.1 Å². The summed E-state index contributed by atoms with van der Waals surface area (Å²) in [5, 5.41) is 16.1. The van der Waals surface area contributed by atoms with E-state index in [4.69, 9.17) is 4.52 Å². The molecule has 2 N–H and O–H groups in total. The first-order chi connectivity index (χ1) is 17.9. The van der Waals surface area contributed by atoms with Gasteiger partial charge in [-0.25, -0.2) is 12.8 Å².